The maximum Gasteiger partial charge on any atom is 0.227 e. The number of piperidine rings is 3. The molecular formula is C27H34N2O3. The number of carbonyl (C=O) groups is 1. The molecule has 0 N–H and O–H groups in total. The summed E-state index contributed by atoms with van der Waals surface area (Å²) in [4.78, 5) is 18.0. The fourth-order valence-corrected chi connectivity index (χ4v) is 6.36. The number of benzene rings is 2. The van der Waals surface area contributed by atoms with E-state index in [4.69, 9.17) is 9.47 Å². The molecule has 1 amide bonds. The number of ether oxygens (including phenoxy) is 2. The minimum atomic E-state index is -0.750. The molecule has 2 aromatic rings. The Morgan fingerprint density at radius 2 is 1.56 bits per heavy atom. The van der Waals surface area contributed by atoms with Crippen molar-refractivity contribution < 1.29 is 14.3 Å². The van der Waals surface area contributed by atoms with Crippen molar-refractivity contribution in [3.05, 3.63) is 71.8 Å². The van der Waals surface area contributed by atoms with E-state index < -0.39 is 5.79 Å². The molecule has 2 unspecified atom stereocenters. The van der Waals surface area contributed by atoms with Gasteiger partial charge in [-0.15, -0.1) is 0 Å². The Bertz CT molecular complexity index is 870. The predicted molar refractivity (Wildman–Crippen MR) is 124 cm³/mol. The summed E-state index contributed by atoms with van der Waals surface area (Å²) < 4.78 is 13.1. The monoisotopic (exact) mass is 434 g/mol. The Kier molecular flexibility index (Phi) is 6.06. The number of nitrogens with zero attached hydrogens (tertiary/aromatic N) is 2. The molecule has 4 atom stereocenters. The van der Waals surface area contributed by atoms with Crippen LogP contribution in [0.25, 0.3) is 0 Å². The lowest BCUT2D eigenvalue weighted by atomic mass is 9.65. The van der Waals surface area contributed by atoms with Crippen molar-refractivity contribution in [2.75, 3.05) is 39.4 Å². The van der Waals surface area contributed by atoms with Gasteiger partial charge in [-0.1, -0.05) is 60.7 Å². The standard InChI is InChI=1S/C27H34N2O3/c1-3-28(4-2)26(30)22-19-29-16-15-23(22)27(31-17-18-32-27)25(29)24(20-11-7-5-8-12-20)21-13-9-6-10-14-21/h5-14,22-25H,3-4,15-19H2,1-2H3/t22-,23-,25?/m0/s1. The molecule has 5 nitrogen and oxygen atoms in total. The van der Waals surface area contributed by atoms with E-state index >= 15 is 0 Å². The van der Waals surface area contributed by atoms with Gasteiger partial charge in [0.15, 0.2) is 5.79 Å². The minimum absolute atomic E-state index is 0.0364. The van der Waals surface area contributed by atoms with Crippen LogP contribution in [0.4, 0.5) is 0 Å². The van der Waals surface area contributed by atoms with E-state index in [0.717, 1.165) is 32.6 Å². The summed E-state index contributed by atoms with van der Waals surface area (Å²) in [5.74, 6) is -0.394. The van der Waals surface area contributed by atoms with Crippen molar-refractivity contribution in [3.8, 4) is 0 Å². The normalized spacial score (nSPS) is 28.3. The van der Waals surface area contributed by atoms with Gasteiger partial charge in [0.25, 0.3) is 0 Å². The third-order valence-electron chi connectivity index (χ3n) is 7.73. The zero-order chi connectivity index (χ0) is 22.1. The molecule has 2 bridgehead atoms. The molecular weight excluding hydrogens is 400 g/mol. The van der Waals surface area contributed by atoms with E-state index in [-0.39, 0.29) is 29.7 Å². The Labute approximate surface area is 191 Å². The van der Waals surface area contributed by atoms with Crippen LogP contribution >= 0.6 is 0 Å². The first-order valence-corrected chi connectivity index (χ1v) is 12.1. The Balaban J connectivity index is 1.59. The number of hydrogen-bond acceptors (Lipinski definition) is 4. The second kappa shape index (κ2) is 8.97. The Hall–Kier alpha value is -2.21. The molecule has 4 aliphatic heterocycles. The number of hydrogen-bond donors (Lipinski definition) is 0. The fraction of sp³-hybridized carbons (Fsp3) is 0.519. The average Bonchev–Trinajstić information content (AvgIpc) is 3.32. The second-order valence-corrected chi connectivity index (χ2v) is 9.17. The van der Waals surface area contributed by atoms with Crippen LogP contribution in [0.1, 0.15) is 37.3 Å². The lowest BCUT2D eigenvalue weighted by Gasteiger charge is -2.60. The van der Waals surface area contributed by atoms with Gasteiger partial charge in [-0.3, -0.25) is 9.69 Å². The lowest BCUT2D eigenvalue weighted by Crippen LogP contribution is -2.72. The van der Waals surface area contributed by atoms with Crippen LogP contribution in [-0.4, -0.2) is 66.9 Å². The first kappa shape index (κ1) is 21.6. The van der Waals surface area contributed by atoms with Crippen molar-refractivity contribution >= 4 is 5.91 Å². The zero-order valence-electron chi connectivity index (χ0n) is 19.2. The van der Waals surface area contributed by atoms with Crippen LogP contribution in [0.2, 0.25) is 0 Å². The largest absolute Gasteiger partial charge is 0.346 e. The van der Waals surface area contributed by atoms with E-state index in [1.807, 2.05) is 4.90 Å². The zero-order valence-corrected chi connectivity index (χ0v) is 19.2. The molecule has 5 heteroatoms. The van der Waals surface area contributed by atoms with Gasteiger partial charge in [-0.25, -0.2) is 0 Å². The molecule has 170 valence electrons. The van der Waals surface area contributed by atoms with Gasteiger partial charge in [-0.2, -0.15) is 0 Å². The van der Waals surface area contributed by atoms with Gasteiger partial charge < -0.3 is 14.4 Å². The summed E-state index contributed by atoms with van der Waals surface area (Å²) in [6.45, 7) is 8.53. The van der Waals surface area contributed by atoms with Crippen molar-refractivity contribution in [3.63, 3.8) is 0 Å². The van der Waals surface area contributed by atoms with Crippen LogP contribution < -0.4 is 0 Å². The number of rotatable bonds is 6. The van der Waals surface area contributed by atoms with Gasteiger partial charge in [0, 0.05) is 31.5 Å². The van der Waals surface area contributed by atoms with Gasteiger partial charge >= 0.3 is 0 Å². The van der Waals surface area contributed by atoms with Gasteiger partial charge in [0.1, 0.15) is 0 Å². The average molecular weight is 435 g/mol. The quantitative estimate of drug-likeness (QED) is 0.695. The topological polar surface area (TPSA) is 42.0 Å². The third-order valence-corrected chi connectivity index (χ3v) is 7.73. The highest BCUT2D eigenvalue weighted by Crippen LogP contribution is 2.53. The smallest absolute Gasteiger partial charge is 0.227 e. The summed E-state index contributed by atoms with van der Waals surface area (Å²) in [6.07, 6.45) is 0.935. The molecule has 0 aliphatic carbocycles. The fourth-order valence-electron chi connectivity index (χ4n) is 6.36. The highest BCUT2D eigenvalue weighted by molar-refractivity contribution is 5.80. The number of fused-ring (bicyclic) bond motifs is 2. The first-order valence-electron chi connectivity index (χ1n) is 12.1. The van der Waals surface area contributed by atoms with E-state index in [9.17, 15) is 4.79 Å². The minimum Gasteiger partial charge on any atom is -0.346 e. The lowest BCUT2D eigenvalue weighted by molar-refractivity contribution is -0.290. The van der Waals surface area contributed by atoms with Crippen molar-refractivity contribution in [1.29, 1.82) is 0 Å². The Morgan fingerprint density at radius 1 is 1.00 bits per heavy atom. The number of carbonyl (C=O) groups excluding carboxylic acids is 1. The van der Waals surface area contributed by atoms with Crippen LogP contribution in [0.15, 0.2) is 60.7 Å². The number of amides is 1. The summed E-state index contributed by atoms with van der Waals surface area (Å²) in [5, 5.41) is 0. The summed E-state index contributed by atoms with van der Waals surface area (Å²) >= 11 is 0. The summed E-state index contributed by atoms with van der Waals surface area (Å²) in [7, 11) is 0. The highest BCUT2D eigenvalue weighted by Gasteiger charge is 2.64. The second-order valence-electron chi connectivity index (χ2n) is 9.17. The molecule has 4 heterocycles. The van der Waals surface area contributed by atoms with Crippen LogP contribution in [-0.2, 0) is 14.3 Å². The van der Waals surface area contributed by atoms with Crippen LogP contribution in [0.3, 0.4) is 0 Å². The molecule has 4 saturated heterocycles. The van der Waals surface area contributed by atoms with Gasteiger partial charge in [-0.05, 0) is 37.9 Å². The molecule has 0 radical (unpaired) electrons. The molecule has 6 rings (SSSR count). The summed E-state index contributed by atoms with van der Waals surface area (Å²) in [6, 6.07) is 21.4. The molecule has 0 saturated carbocycles. The maximum atomic E-state index is 13.5. The van der Waals surface area contributed by atoms with Crippen molar-refractivity contribution in [2.24, 2.45) is 11.8 Å². The summed E-state index contributed by atoms with van der Waals surface area (Å²) in [5.41, 5.74) is 2.53. The molecule has 4 aliphatic rings. The van der Waals surface area contributed by atoms with E-state index in [0.29, 0.717) is 13.2 Å². The van der Waals surface area contributed by atoms with Gasteiger partial charge in [0.2, 0.25) is 5.91 Å². The molecule has 4 fully saturated rings. The van der Waals surface area contributed by atoms with E-state index in [1.165, 1.54) is 11.1 Å². The van der Waals surface area contributed by atoms with Crippen LogP contribution in [0, 0.1) is 11.8 Å². The Morgan fingerprint density at radius 3 is 2.09 bits per heavy atom. The van der Waals surface area contributed by atoms with Crippen LogP contribution in [0.5, 0.6) is 0 Å². The predicted octanol–water partition coefficient (Wildman–Crippen LogP) is 3.75. The third kappa shape index (κ3) is 3.47. The molecule has 32 heavy (non-hydrogen) atoms. The highest BCUT2D eigenvalue weighted by atomic mass is 16.7. The van der Waals surface area contributed by atoms with Crippen molar-refractivity contribution in [2.45, 2.75) is 38.0 Å². The SMILES string of the molecule is CCN(CC)C(=O)[C@H]1CN2CC[C@@H]1C1(OCCO1)C2C(c1ccccc1)c1ccccc1. The first-order chi connectivity index (χ1) is 15.7. The van der Waals surface area contributed by atoms with E-state index in [2.05, 4.69) is 79.4 Å². The molecule has 2 aromatic carbocycles. The van der Waals surface area contributed by atoms with Gasteiger partial charge in [0.05, 0.1) is 25.2 Å². The maximum absolute atomic E-state index is 13.5. The molecule has 1 spiro atoms. The van der Waals surface area contributed by atoms with Crippen molar-refractivity contribution in [1.82, 2.24) is 9.80 Å². The van der Waals surface area contributed by atoms with E-state index in [1.54, 1.807) is 0 Å². The molecule has 0 aromatic heterocycles.